The van der Waals surface area contributed by atoms with Crippen molar-refractivity contribution >= 4 is 11.6 Å². The smallest absolute Gasteiger partial charge is 0.309 e. The molecular formula is C27H23N3O4. The van der Waals surface area contributed by atoms with E-state index in [2.05, 4.69) is 12.1 Å². The van der Waals surface area contributed by atoms with Crippen molar-refractivity contribution in [3.8, 4) is 22.9 Å². The number of imidazole rings is 1. The first-order valence-electron chi connectivity index (χ1n) is 10.9. The van der Waals surface area contributed by atoms with E-state index in [1.54, 1.807) is 19.6 Å². The average molecular weight is 453 g/mol. The van der Waals surface area contributed by atoms with Gasteiger partial charge >= 0.3 is 5.97 Å². The lowest BCUT2D eigenvalue weighted by molar-refractivity contribution is -0.132. The Bertz CT molecular complexity index is 1440. The van der Waals surface area contributed by atoms with Crippen LogP contribution in [0.2, 0.25) is 0 Å². The Morgan fingerprint density at radius 3 is 2.44 bits per heavy atom. The van der Waals surface area contributed by atoms with Gasteiger partial charge < -0.3 is 13.9 Å². The molecule has 0 atom stereocenters. The fourth-order valence-corrected chi connectivity index (χ4v) is 3.97. The number of carbonyl (C=O) groups is 1. The number of benzene rings is 2. The average Bonchev–Trinajstić information content (AvgIpc) is 3.48. The Labute approximate surface area is 196 Å². The number of hydrogen-bond donors (Lipinski definition) is 0. The number of esters is 1. The number of fused-ring (bicyclic) bond motifs is 1. The molecule has 0 aliphatic heterocycles. The molecule has 0 spiro atoms. The number of furan rings is 1. The Hall–Kier alpha value is -4.39. The van der Waals surface area contributed by atoms with Gasteiger partial charge in [0.1, 0.15) is 11.4 Å². The lowest BCUT2D eigenvalue weighted by atomic mass is 10.1. The second kappa shape index (κ2) is 9.23. The monoisotopic (exact) mass is 453 g/mol. The molecule has 0 bridgehead atoms. The molecule has 3 heterocycles. The molecule has 0 unspecified atom stereocenters. The summed E-state index contributed by atoms with van der Waals surface area (Å²) in [6, 6.07) is 19.6. The molecular weight excluding hydrogens is 430 g/mol. The zero-order chi connectivity index (χ0) is 23.5. The highest BCUT2D eigenvalue weighted by Gasteiger charge is 2.22. The molecule has 2 aromatic carbocycles. The zero-order valence-corrected chi connectivity index (χ0v) is 18.9. The van der Waals surface area contributed by atoms with Crippen LogP contribution in [0.25, 0.3) is 16.9 Å². The number of methoxy groups -OCH3 is 1. The van der Waals surface area contributed by atoms with Crippen LogP contribution in [0.1, 0.15) is 29.4 Å². The van der Waals surface area contributed by atoms with E-state index < -0.39 is 5.97 Å². The summed E-state index contributed by atoms with van der Waals surface area (Å²) in [5.74, 6) is 0.653. The summed E-state index contributed by atoms with van der Waals surface area (Å²) in [6.45, 7) is 1.38. The van der Waals surface area contributed by atoms with Gasteiger partial charge in [0.05, 0.1) is 31.0 Å². The molecule has 3 aromatic heterocycles. The van der Waals surface area contributed by atoms with E-state index in [-0.39, 0.29) is 0 Å². The minimum Gasteiger partial charge on any atom is -0.496 e. The van der Waals surface area contributed by atoms with E-state index in [4.69, 9.17) is 23.9 Å². The molecule has 0 amide bonds. The molecule has 0 saturated heterocycles. The lowest BCUT2D eigenvalue weighted by Gasteiger charge is -2.12. The maximum Gasteiger partial charge on any atom is 0.309 e. The van der Waals surface area contributed by atoms with Crippen molar-refractivity contribution in [3.05, 3.63) is 102 Å². The fraction of sp³-hybridized carbons (Fsp3) is 0.148. The quantitative estimate of drug-likeness (QED) is 0.319. The van der Waals surface area contributed by atoms with Crippen LogP contribution < -0.4 is 9.47 Å². The zero-order valence-electron chi connectivity index (χ0n) is 18.9. The highest BCUT2D eigenvalue weighted by Crippen LogP contribution is 2.32. The predicted octanol–water partition coefficient (Wildman–Crippen LogP) is 5.10. The summed E-state index contributed by atoms with van der Waals surface area (Å²) in [7, 11) is 1.63. The van der Waals surface area contributed by atoms with E-state index in [9.17, 15) is 4.79 Å². The van der Waals surface area contributed by atoms with Crippen LogP contribution in [-0.4, -0.2) is 27.4 Å². The maximum atomic E-state index is 12.0. The third-order valence-electron chi connectivity index (χ3n) is 5.49. The first-order chi connectivity index (χ1) is 16.6. The Morgan fingerprint density at radius 2 is 1.71 bits per heavy atom. The summed E-state index contributed by atoms with van der Waals surface area (Å²) < 4.78 is 18.3. The van der Waals surface area contributed by atoms with Crippen LogP contribution >= 0.6 is 0 Å². The maximum absolute atomic E-state index is 12.0. The van der Waals surface area contributed by atoms with Gasteiger partial charge in [-0.25, -0.2) is 9.97 Å². The van der Waals surface area contributed by atoms with Crippen LogP contribution in [0.4, 0.5) is 0 Å². The van der Waals surface area contributed by atoms with Gasteiger partial charge in [-0.1, -0.05) is 42.5 Å². The minimum absolute atomic E-state index is 0.372. The second-order valence-corrected chi connectivity index (χ2v) is 7.89. The van der Waals surface area contributed by atoms with Crippen LogP contribution in [-0.2, 0) is 17.6 Å². The Morgan fingerprint density at radius 1 is 0.941 bits per heavy atom. The Kier molecular flexibility index (Phi) is 5.82. The van der Waals surface area contributed by atoms with Crippen LogP contribution in [0.15, 0.2) is 83.8 Å². The van der Waals surface area contributed by atoms with Gasteiger partial charge in [0.15, 0.2) is 5.65 Å². The van der Waals surface area contributed by atoms with Crippen LogP contribution in [0.5, 0.6) is 11.6 Å². The summed E-state index contributed by atoms with van der Waals surface area (Å²) in [5.41, 5.74) is 5.59. The van der Waals surface area contributed by atoms with Gasteiger partial charge in [0.2, 0.25) is 5.88 Å². The van der Waals surface area contributed by atoms with Crippen molar-refractivity contribution in [3.63, 3.8) is 0 Å². The largest absolute Gasteiger partial charge is 0.496 e. The highest BCUT2D eigenvalue weighted by atomic mass is 16.5. The third kappa shape index (κ3) is 4.28. The highest BCUT2D eigenvalue weighted by molar-refractivity contribution is 5.72. The number of carbonyl (C=O) groups excluding carboxylic acids is 1. The number of para-hydroxylation sites is 1. The number of rotatable bonds is 7. The van der Waals surface area contributed by atoms with E-state index in [0.717, 1.165) is 22.4 Å². The second-order valence-electron chi connectivity index (χ2n) is 7.89. The van der Waals surface area contributed by atoms with E-state index >= 15 is 0 Å². The van der Waals surface area contributed by atoms with E-state index in [0.29, 0.717) is 41.5 Å². The molecule has 0 aliphatic rings. The molecule has 0 saturated carbocycles. The summed E-state index contributed by atoms with van der Waals surface area (Å²) in [5, 5.41) is 0. The van der Waals surface area contributed by atoms with Crippen molar-refractivity contribution < 1.29 is 18.7 Å². The number of hydrogen-bond acceptors (Lipinski definition) is 6. The molecule has 5 rings (SSSR count). The molecule has 0 aliphatic carbocycles. The standard InChI is InChI=1S/C27H23N3O4/c1-18(31)34-27-23(15-20-12-13-33-17-20)29-26-22(14-19-8-4-3-5-9-19)28-24(16-30(26)27)21-10-6-7-11-25(21)32-2/h3-13,16-17H,14-15H2,1-2H3. The summed E-state index contributed by atoms with van der Waals surface area (Å²) in [6.07, 6.45) is 6.13. The van der Waals surface area contributed by atoms with Crippen molar-refractivity contribution in [2.45, 2.75) is 19.8 Å². The molecule has 0 N–H and O–H groups in total. The molecule has 7 nitrogen and oxygen atoms in total. The SMILES string of the molecule is COc1ccccc1-c1cn2c(OC(C)=O)c(Cc3ccoc3)nc2c(Cc2ccccc2)n1. The third-order valence-corrected chi connectivity index (χ3v) is 5.49. The summed E-state index contributed by atoms with van der Waals surface area (Å²) >= 11 is 0. The van der Waals surface area contributed by atoms with Gasteiger partial charge in [-0.15, -0.1) is 0 Å². The fourth-order valence-electron chi connectivity index (χ4n) is 3.97. The molecule has 0 radical (unpaired) electrons. The van der Waals surface area contributed by atoms with Crippen molar-refractivity contribution in [2.75, 3.05) is 7.11 Å². The minimum atomic E-state index is -0.421. The van der Waals surface area contributed by atoms with Gasteiger partial charge in [-0.05, 0) is 29.3 Å². The van der Waals surface area contributed by atoms with Gasteiger partial charge in [0.25, 0.3) is 0 Å². The van der Waals surface area contributed by atoms with Gasteiger partial charge in [-0.2, -0.15) is 0 Å². The number of aromatic nitrogens is 3. The topological polar surface area (TPSA) is 78.9 Å². The first kappa shape index (κ1) is 21.5. The summed E-state index contributed by atoms with van der Waals surface area (Å²) in [4.78, 5) is 21.9. The van der Waals surface area contributed by atoms with Crippen molar-refractivity contribution in [1.82, 2.24) is 14.4 Å². The van der Waals surface area contributed by atoms with Gasteiger partial charge in [0, 0.05) is 31.5 Å². The van der Waals surface area contributed by atoms with E-state index in [1.807, 2.05) is 59.1 Å². The van der Waals surface area contributed by atoms with Crippen LogP contribution in [0, 0.1) is 0 Å². The first-order valence-corrected chi connectivity index (χ1v) is 10.9. The number of nitrogens with zero attached hydrogens (tertiary/aromatic N) is 3. The molecule has 7 heteroatoms. The van der Waals surface area contributed by atoms with Crippen LogP contribution in [0.3, 0.4) is 0 Å². The molecule has 0 fully saturated rings. The Balaban J connectivity index is 1.74. The lowest BCUT2D eigenvalue weighted by Crippen LogP contribution is -2.07. The normalized spacial score (nSPS) is 11.0. The van der Waals surface area contributed by atoms with Gasteiger partial charge in [-0.3, -0.25) is 9.20 Å². The molecule has 170 valence electrons. The van der Waals surface area contributed by atoms with Crippen molar-refractivity contribution in [2.24, 2.45) is 0 Å². The van der Waals surface area contributed by atoms with E-state index in [1.165, 1.54) is 6.92 Å². The molecule has 5 aromatic rings. The predicted molar refractivity (Wildman–Crippen MR) is 127 cm³/mol. The van der Waals surface area contributed by atoms with Crippen molar-refractivity contribution in [1.29, 1.82) is 0 Å². The number of ether oxygens (including phenoxy) is 2. The molecule has 34 heavy (non-hydrogen) atoms.